The Hall–Kier alpha value is -2.29. The van der Waals surface area contributed by atoms with E-state index >= 15 is 0 Å². The number of hydrogen-bond acceptors (Lipinski definition) is 2. The maximum atomic E-state index is 11.7. The predicted octanol–water partition coefficient (Wildman–Crippen LogP) is 3.91. The fourth-order valence-corrected chi connectivity index (χ4v) is 1.64. The molecule has 0 aliphatic carbocycles. The molecule has 0 radical (unpaired) electrons. The van der Waals surface area contributed by atoms with Crippen LogP contribution in [0.3, 0.4) is 0 Å². The fourth-order valence-electron chi connectivity index (χ4n) is 1.64. The summed E-state index contributed by atoms with van der Waals surface area (Å²) in [6.07, 6.45) is -0.477. The van der Waals surface area contributed by atoms with Crippen molar-refractivity contribution in [3.63, 3.8) is 0 Å². The minimum absolute atomic E-state index is 0.477. The Morgan fingerprint density at radius 3 is 2.56 bits per heavy atom. The highest BCUT2D eigenvalue weighted by Gasteiger charge is 2.06. The number of carbonyl (C=O) groups excluding carboxylic acids is 1. The Kier molecular flexibility index (Phi) is 3.63. The number of hydrogen-bond donors (Lipinski definition) is 1. The number of ether oxygens (including phenoxy) is 1. The number of aryl methyl sites for hydroxylation is 2. The summed E-state index contributed by atoms with van der Waals surface area (Å²) >= 11 is 0. The first-order valence-electron chi connectivity index (χ1n) is 5.76. The molecule has 0 atom stereocenters. The van der Waals surface area contributed by atoms with Gasteiger partial charge < -0.3 is 4.74 Å². The number of amides is 1. The quantitative estimate of drug-likeness (QED) is 0.865. The van der Waals surface area contributed by atoms with Crippen LogP contribution in [0.4, 0.5) is 10.5 Å². The number of rotatable bonds is 2. The largest absolute Gasteiger partial charge is 0.417 e. The summed E-state index contributed by atoms with van der Waals surface area (Å²) in [6, 6.07) is 15.0. The summed E-state index contributed by atoms with van der Waals surface area (Å²) in [4.78, 5) is 11.7. The van der Waals surface area contributed by atoms with E-state index in [1.54, 1.807) is 6.07 Å². The zero-order chi connectivity index (χ0) is 13.0. The molecule has 2 rings (SSSR count). The first-order chi connectivity index (χ1) is 8.65. The van der Waals surface area contributed by atoms with Gasteiger partial charge in [-0.25, -0.2) is 4.79 Å². The van der Waals surface area contributed by atoms with Crippen LogP contribution in [0.5, 0.6) is 5.75 Å². The first kappa shape index (κ1) is 12.2. The molecule has 3 nitrogen and oxygen atoms in total. The van der Waals surface area contributed by atoms with Gasteiger partial charge in [0.15, 0.2) is 0 Å². The van der Waals surface area contributed by atoms with Crippen molar-refractivity contribution >= 4 is 11.8 Å². The second kappa shape index (κ2) is 5.36. The number of nitrogens with one attached hydrogen (secondary N) is 1. The Balaban J connectivity index is 2.03. The van der Waals surface area contributed by atoms with E-state index in [1.165, 1.54) is 0 Å². The van der Waals surface area contributed by atoms with Gasteiger partial charge in [0.05, 0.1) is 0 Å². The van der Waals surface area contributed by atoms with Crippen LogP contribution < -0.4 is 10.1 Å². The average molecular weight is 241 g/mol. The van der Waals surface area contributed by atoms with Gasteiger partial charge in [0.2, 0.25) is 0 Å². The van der Waals surface area contributed by atoms with Crippen molar-refractivity contribution in [1.29, 1.82) is 0 Å². The molecule has 0 aliphatic rings. The summed E-state index contributed by atoms with van der Waals surface area (Å²) in [5.41, 5.74) is 2.74. The van der Waals surface area contributed by atoms with Crippen molar-refractivity contribution in [3.05, 3.63) is 59.7 Å². The highest BCUT2D eigenvalue weighted by atomic mass is 16.6. The molecular weight excluding hydrogens is 226 g/mol. The van der Waals surface area contributed by atoms with Gasteiger partial charge in [-0.3, -0.25) is 5.32 Å². The number of para-hydroxylation sites is 1. The van der Waals surface area contributed by atoms with Gasteiger partial charge in [0.25, 0.3) is 0 Å². The molecule has 0 saturated heterocycles. The highest BCUT2D eigenvalue weighted by Crippen LogP contribution is 2.17. The molecule has 0 fully saturated rings. The van der Waals surface area contributed by atoms with Crippen molar-refractivity contribution in [1.82, 2.24) is 0 Å². The SMILES string of the molecule is Cc1cccc(NC(=O)Oc2ccccc2C)c1. The smallest absolute Gasteiger partial charge is 0.410 e. The maximum absolute atomic E-state index is 11.7. The van der Waals surface area contributed by atoms with Crippen LogP contribution in [0.25, 0.3) is 0 Å². The van der Waals surface area contributed by atoms with E-state index in [1.807, 2.05) is 56.3 Å². The molecule has 0 bridgehead atoms. The van der Waals surface area contributed by atoms with E-state index in [4.69, 9.17) is 4.74 Å². The molecule has 0 aromatic heterocycles. The second-order valence-corrected chi connectivity index (χ2v) is 4.15. The Bertz CT molecular complexity index is 564. The lowest BCUT2D eigenvalue weighted by molar-refractivity contribution is 0.215. The summed E-state index contributed by atoms with van der Waals surface area (Å²) in [6.45, 7) is 3.87. The van der Waals surface area contributed by atoms with Gasteiger partial charge in [-0.2, -0.15) is 0 Å². The lowest BCUT2D eigenvalue weighted by Gasteiger charge is -2.08. The molecule has 1 amide bonds. The van der Waals surface area contributed by atoms with Crippen LogP contribution in [0.2, 0.25) is 0 Å². The van der Waals surface area contributed by atoms with Crippen LogP contribution >= 0.6 is 0 Å². The Labute approximate surface area is 106 Å². The van der Waals surface area contributed by atoms with E-state index in [0.29, 0.717) is 5.75 Å². The molecule has 0 heterocycles. The predicted molar refractivity (Wildman–Crippen MR) is 72.0 cm³/mol. The van der Waals surface area contributed by atoms with E-state index in [2.05, 4.69) is 5.32 Å². The summed E-state index contributed by atoms with van der Waals surface area (Å²) in [5, 5.41) is 2.70. The number of carbonyl (C=O) groups is 1. The van der Waals surface area contributed by atoms with Crippen molar-refractivity contribution < 1.29 is 9.53 Å². The molecule has 0 unspecified atom stereocenters. The van der Waals surface area contributed by atoms with Crippen LogP contribution in [0, 0.1) is 13.8 Å². The van der Waals surface area contributed by atoms with Gasteiger partial charge >= 0.3 is 6.09 Å². The third-order valence-corrected chi connectivity index (χ3v) is 2.56. The normalized spacial score (nSPS) is 9.89. The molecule has 2 aromatic rings. The highest BCUT2D eigenvalue weighted by molar-refractivity contribution is 5.86. The van der Waals surface area contributed by atoms with Crippen LogP contribution in [-0.2, 0) is 0 Å². The maximum Gasteiger partial charge on any atom is 0.417 e. The summed E-state index contributed by atoms with van der Waals surface area (Å²) < 4.78 is 5.24. The first-order valence-corrected chi connectivity index (χ1v) is 5.76. The molecular formula is C15H15NO2. The van der Waals surface area contributed by atoms with Gasteiger partial charge in [-0.05, 0) is 43.2 Å². The van der Waals surface area contributed by atoms with Crippen LogP contribution in [0.1, 0.15) is 11.1 Å². The van der Waals surface area contributed by atoms with Crippen molar-refractivity contribution in [2.24, 2.45) is 0 Å². The minimum atomic E-state index is -0.477. The Morgan fingerprint density at radius 2 is 1.83 bits per heavy atom. The molecule has 2 aromatic carbocycles. The lowest BCUT2D eigenvalue weighted by atomic mass is 10.2. The molecule has 1 N–H and O–H groups in total. The summed E-state index contributed by atoms with van der Waals surface area (Å²) in [7, 11) is 0. The molecule has 0 saturated carbocycles. The third-order valence-electron chi connectivity index (χ3n) is 2.56. The minimum Gasteiger partial charge on any atom is -0.410 e. The van der Waals surface area contributed by atoms with Gasteiger partial charge in [-0.1, -0.05) is 30.3 Å². The Morgan fingerprint density at radius 1 is 1.06 bits per heavy atom. The van der Waals surface area contributed by atoms with Crippen LogP contribution in [-0.4, -0.2) is 6.09 Å². The zero-order valence-electron chi connectivity index (χ0n) is 10.4. The van der Waals surface area contributed by atoms with E-state index in [-0.39, 0.29) is 0 Å². The zero-order valence-corrected chi connectivity index (χ0v) is 10.4. The van der Waals surface area contributed by atoms with Crippen molar-refractivity contribution in [2.75, 3.05) is 5.32 Å². The topological polar surface area (TPSA) is 38.3 Å². The van der Waals surface area contributed by atoms with Gasteiger partial charge in [0, 0.05) is 5.69 Å². The number of anilines is 1. The molecule has 0 aliphatic heterocycles. The summed E-state index contributed by atoms with van der Waals surface area (Å²) in [5.74, 6) is 0.572. The van der Waals surface area contributed by atoms with Gasteiger partial charge in [-0.15, -0.1) is 0 Å². The second-order valence-electron chi connectivity index (χ2n) is 4.15. The van der Waals surface area contributed by atoms with E-state index in [0.717, 1.165) is 16.8 Å². The lowest BCUT2D eigenvalue weighted by Crippen LogP contribution is -2.17. The molecule has 92 valence electrons. The molecule has 3 heteroatoms. The molecule has 18 heavy (non-hydrogen) atoms. The van der Waals surface area contributed by atoms with Crippen LogP contribution in [0.15, 0.2) is 48.5 Å². The monoisotopic (exact) mass is 241 g/mol. The average Bonchev–Trinajstić information content (AvgIpc) is 2.32. The van der Waals surface area contributed by atoms with Crippen molar-refractivity contribution in [2.45, 2.75) is 13.8 Å². The third kappa shape index (κ3) is 3.10. The fraction of sp³-hybridized carbons (Fsp3) is 0.133. The number of benzene rings is 2. The standard InChI is InChI=1S/C15H15NO2/c1-11-6-5-8-13(10-11)16-15(17)18-14-9-4-3-7-12(14)2/h3-10H,1-2H3,(H,16,17). The van der Waals surface area contributed by atoms with Gasteiger partial charge in [0.1, 0.15) is 5.75 Å². The van der Waals surface area contributed by atoms with Crippen molar-refractivity contribution in [3.8, 4) is 5.75 Å². The molecule has 0 spiro atoms. The van der Waals surface area contributed by atoms with E-state index in [9.17, 15) is 4.79 Å². The van der Waals surface area contributed by atoms with E-state index < -0.39 is 6.09 Å².